The summed E-state index contributed by atoms with van der Waals surface area (Å²) >= 11 is 0. The molecule has 1 aromatic carbocycles. The summed E-state index contributed by atoms with van der Waals surface area (Å²) in [6.45, 7) is 3.42. The number of H-pyrrole nitrogens is 1. The smallest absolute Gasteiger partial charge is 0.112 e. The topological polar surface area (TPSA) is 48.5 Å². The Hall–Kier alpha value is -1.36. The number of fused-ring (bicyclic) bond motifs is 2. The van der Waals surface area contributed by atoms with Crippen LogP contribution >= 0.6 is 0 Å². The van der Waals surface area contributed by atoms with Gasteiger partial charge in [0.1, 0.15) is 5.60 Å². The van der Waals surface area contributed by atoms with Gasteiger partial charge in [-0.2, -0.15) is 0 Å². The van der Waals surface area contributed by atoms with E-state index in [-0.39, 0.29) is 12.1 Å². The minimum absolute atomic E-state index is 0.287. The van der Waals surface area contributed by atoms with Crippen molar-refractivity contribution in [3.05, 3.63) is 35.5 Å². The van der Waals surface area contributed by atoms with Gasteiger partial charge in [0.05, 0.1) is 6.10 Å². The normalized spacial score (nSPS) is 32.3. The Labute approximate surface area is 124 Å². The zero-order valence-corrected chi connectivity index (χ0v) is 12.6. The van der Waals surface area contributed by atoms with E-state index in [1.807, 2.05) is 6.92 Å². The van der Waals surface area contributed by atoms with E-state index in [1.54, 1.807) is 0 Å². The number of piperidine rings is 1. The predicted molar refractivity (Wildman–Crippen MR) is 82.3 cm³/mol. The number of nitrogens with zero attached hydrogens (tertiary/aromatic N) is 1. The van der Waals surface area contributed by atoms with Crippen molar-refractivity contribution in [2.75, 3.05) is 20.2 Å². The van der Waals surface area contributed by atoms with E-state index < -0.39 is 5.60 Å². The van der Waals surface area contributed by atoms with Gasteiger partial charge in [-0.15, -0.1) is 0 Å². The fourth-order valence-electron chi connectivity index (χ4n) is 4.44. The minimum Gasteiger partial charge on any atom is -0.392 e. The monoisotopic (exact) mass is 286 g/mol. The summed E-state index contributed by atoms with van der Waals surface area (Å²) in [6.07, 6.45) is 3.44. The summed E-state index contributed by atoms with van der Waals surface area (Å²) in [5.41, 5.74) is 3.38. The lowest BCUT2D eigenvalue weighted by Gasteiger charge is -2.52. The van der Waals surface area contributed by atoms with E-state index in [1.165, 1.54) is 22.0 Å². The number of likely N-dealkylation sites (N-methyl/N-ethyl adjacent to an activating group) is 1. The second kappa shape index (κ2) is 4.57. The number of nitrogens with one attached hydrogen (secondary N) is 1. The minimum atomic E-state index is -0.393. The first-order chi connectivity index (χ1) is 10.2. The summed E-state index contributed by atoms with van der Waals surface area (Å²) in [7, 11) is 2.10. The molecule has 4 rings (SSSR count). The van der Waals surface area contributed by atoms with Crippen LogP contribution in [0, 0.1) is 0 Å². The van der Waals surface area contributed by atoms with Crippen molar-refractivity contribution >= 4 is 10.9 Å². The molecule has 1 fully saturated rings. The van der Waals surface area contributed by atoms with Crippen molar-refractivity contribution in [1.82, 2.24) is 9.88 Å². The van der Waals surface area contributed by atoms with Crippen LogP contribution in [0.25, 0.3) is 10.9 Å². The third-order valence-electron chi connectivity index (χ3n) is 5.17. The highest BCUT2D eigenvalue weighted by molar-refractivity contribution is 5.88. The molecule has 0 bridgehead atoms. The molecule has 3 atom stereocenters. The standard InChI is InChI=1S/C17H22N2O2/c1-3-21-17-8-12(20)10-19(2)15(17)7-11-9-18-14-6-4-5-13(17)16(11)14/h4-6,9,12,15,18,20H,3,7-8,10H2,1-2H3/t12-,15-,17+/m1/s1. The number of rotatable bonds is 2. The van der Waals surface area contributed by atoms with Crippen molar-refractivity contribution < 1.29 is 9.84 Å². The van der Waals surface area contributed by atoms with Crippen LogP contribution in [0.15, 0.2) is 24.4 Å². The van der Waals surface area contributed by atoms with Crippen LogP contribution in [0.2, 0.25) is 0 Å². The van der Waals surface area contributed by atoms with Gasteiger partial charge >= 0.3 is 0 Å². The number of aliphatic hydroxyl groups is 1. The Kier molecular flexibility index (Phi) is 2.89. The van der Waals surface area contributed by atoms with E-state index in [2.05, 4.69) is 41.3 Å². The van der Waals surface area contributed by atoms with Gasteiger partial charge in [-0.25, -0.2) is 0 Å². The number of ether oxygens (including phenoxy) is 1. The van der Waals surface area contributed by atoms with Crippen LogP contribution in [-0.4, -0.2) is 47.3 Å². The molecule has 0 unspecified atom stereocenters. The average Bonchev–Trinajstić information content (AvgIpc) is 2.86. The van der Waals surface area contributed by atoms with Crippen LogP contribution in [0.1, 0.15) is 24.5 Å². The van der Waals surface area contributed by atoms with Gasteiger partial charge in [0.2, 0.25) is 0 Å². The predicted octanol–water partition coefficient (Wildman–Crippen LogP) is 2.02. The maximum absolute atomic E-state index is 10.3. The first kappa shape index (κ1) is 13.3. The highest BCUT2D eigenvalue weighted by atomic mass is 16.5. The number of hydrogen-bond acceptors (Lipinski definition) is 3. The Bertz CT molecular complexity index is 680. The summed E-state index contributed by atoms with van der Waals surface area (Å²) in [6, 6.07) is 6.66. The molecule has 1 aliphatic heterocycles. The van der Waals surface area contributed by atoms with Gasteiger partial charge in [-0.05, 0) is 37.6 Å². The molecule has 2 aliphatic rings. The summed E-state index contributed by atoms with van der Waals surface area (Å²) in [4.78, 5) is 5.64. The summed E-state index contributed by atoms with van der Waals surface area (Å²) in [5.74, 6) is 0. The lowest BCUT2D eigenvalue weighted by molar-refractivity contribution is -0.156. The van der Waals surface area contributed by atoms with Gasteiger partial charge in [-0.1, -0.05) is 12.1 Å². The van der Waals surface area contributed by atoms with Crippen LogP contribution in [0.5, 0.6) is 0 Å². The fourth-order valence-corrected chi connectivity index (χ4v) is 4.44. The molecule has 0 spiro atoms. The molecule has 1 aliphatic carbocycles. The largest absolute Gasteiger partial charge is 0.392 e. The summed E-state index contributed by atoms with van der Waals surface area (Å²) in [5, 5.41) is 11.6. The zero-order valence-electron chi connectivity index (χ0n) is 12.6. The Morgan fingerprint density at radius 3 is 3.14 bits per heavy atom. The Morgan fingerprint density at radius 1 is 1.48 bits per heavy atom. The van der Waals surface area contributed by atoms with Crippen molar-refractivity contribution in [2.45, 2.75) is 37.5 Å². The first-order valence-corrected chi connectivity index (χ1v) is 7.77. The van der Waals surface area contributed by atoms with E-state index in [9.17, 15) is 5.11 Å². The number of aromatic amines is 1. The van der Waals surface area contributed by atoms with Gasteiger partial charge in [0.25, 0.3) is 0 Å². The van der Waals surface area contributed by atoms with Gasteiger partial charge in [0.15, 0.2) is 0 Å². The van der Waals surface area contributed by atoms with Crippen molar-refractivity contribution in [3.8, 4) is 0 Å². The number of hydrogen-bond donors (Lipinski definition) is 2. The molecule has 1 saturated heterocycles. The average molecular weight is 286 g/mol. The molecule has 0 radical (unpaired) electrons. The zero-order chi connectivity index (χ0) is 14.6. The molecule has 0 amide bonds. The molecule has 0 saturated carbocycles. The quantitative estimate of drug-likeness (QED) is 0.888. The van der Waals surface area contributed by atoms with Crippen molar-refractivity contribution in [2.24, 2.45) is 0 Å². The van der Waals surface area contributed by atoms with Crippen molar-refractivity contribution in [3.63, 3.8) is 0 Å². The van der Waals surface area contributed by atoms with Crippen molar-refractivity contribution in [1.29, 1.82) is 0 Å². The maximum atomic E-state index is 10.3. The second-order valence-corrected chi connectivity index (χ2v) is 6.38. The number of benzene rings is 1. The Balaban J connectivity index is 1.98. The molecule has 2 N–H and O–H groups in total. The first-order valence-electron chi connectivity index (χ1n) is 7.77. The van der Waals surface area contributed by atoms with Crippen LogP contribution < -0.4 is 0 Å². The lowest BCUT2D eigenvalue weighted by Crippen LogP contribution is -2.61. The number of likely N-dealkylation sites (tertiary alicyclic amines) is 1. The second-order valence-electron chi connectivity index (χ2n) is 6.38. The highest BCUT2D eigenvalue weighted by Gasteiger charge is 2.51. The van der Waals surface area contributed by atoms with E-state index in [0.717, 1.165) is 13.0 Å². The molecular weight excluding hydrogens is 264 g/mol. The molecule has 2 heterocycles. The van der Waals surface area contributed by atoms with E-state index in [4.69, 9.17) is 4.74 Å². The number of aromatic nitrogens is 1. The van der Waals surface area contributed by atoms with E-state index in [0.29, 0.717) is 13.0 Å². The van der Waals surface area contributed by atoms with Gasteiger partial charge in [-0.3, -0.25) is 4.90 Å². The molecule has 4 nitrogen and oxygen atoms in total. The number of β-amino-alcohol motifs (C(OH)–C–C–N with tert-alkyl or cyclic N) is 1. The Morgan fingerprint density at radius 2 is 2.33 bits per heavy atom. The third-order valence-corrected chi connectivity index (χ3v) is 5.17. The van der Waals surface area contributed by atoms with E-state index >= 15 is 0 Å². The summed E-state index contributed by atoms with van der Waals surface area (Å²) < 4.78 is 6.32. The molecule has 112 valence electrons. The van der Waals surface area contributed by atoms with Gasteiger partial charge in [0, 0.05) is 42.7 Å². The van der Waals surface area contributed by atoms with Gasteiger partial charge < -0.3 is 14.8 Å². The van der Waals surface area contributed by atoms with Crippen LogP contribution in [0.3, 0.4) is 0 Å². The molecule has 2 aromatic rings. The highest BCUT2D eigenvalue weighted by Crippen LogP contribution is 2.48. The maximum Gasteiger partial charge on any atom is 0.112 e. The fraction of sp³-hybridized carbons (Fsp3) is 0.529. The molecular formula is C17H22N2O2. The molecule has 21 heavy (non-hydrogen) atoms. The molecule has 1 aromatic heterocycles. The third kappa shape index (κ3) is 1.73. The number of aliphatic hydroxyl groups excluding tert-OH is 1. The van der Waals surface area contributed by atoms with Crippen LogP contribution in [-0.2, 0) is 16.8 Å². The SMILES string of the molecule is CCO[C@]12C[C@@H](O)CN(C)[C@@H]1Cc1c[nH]c3cccc2c13. The lowest BCUT2D eigenvalue weighted by atomic mass is 9.70. The van der Waals surface area contributed by atoms with Crippen LogP contribution in [0.4, 0.5) is 0 Å². The molecule has 4 heteroatoms.